The van der Waals surface area contributed by atoms with Gasteiger partial charge >= 0.3 is 5.97 Å². The molecule has 4 rings (SSSR count). The molecule has 1 fully saturated rings. The number of thiazole rings is 1. The zero-order valence-electron chi connectivity index (χ0n) is 20.3. The van der Waals surface area contributed by atoms with Gasteiger partial charge in [-0.2, -0.15) is 0 Å². The molecule has 0 unspecified atom stereocenters. The number of aromatic nitrogens is 2. The van der Waals surface area contributed by atoms with Crippen molar-refractivity contribution in [2.24, 2.45) is 5.92 Å². The van der Waals surface area contributed by atoms with E-state index in [2.05, 4.69) is 20.6 Å². The van der Waals surface area contributed by atoms with Gasteiger partial charge in [0.2, 0.25) is 0 Å². The molecule has 0 spiro atoms. The minimum atomic E-state index is -1.18. The van der Waals surface area contributed by atoms with Crippen molar-refractivity contribution in [1.82, 2.24) is 20.6 Å². The lowest BCUT2D eigenvalue weighted by molar-refractivity contribution is -0.135. The summed E-state index contributed by atoms with van der Waals surface area (Å²) in [5.74, 6) is -0.445. The second-order valence-corrected chi connectivity index (χ2v) is 10.0. The van der Waals surface area contributed by atoms with E-state index in [0.29, 0.717) is 34.2 Å². The molecular weight excluding hydrogens is 532 g/mol. The SMILES string of the molecule is C[C@@H](C=Cc1cnc(Oc2ccc(OCC3CC3)cc2Cl)s1)NC(=O)c1ccnc(C(=O)NCC(=O)O)c1. The minimum Gasteiger partial charge on any atom is -0.493 e. The molecule has 38 heavy (non-hydrogen) atoms. The van der Waals surface area contributed by atoms with E-state index in [-0.39, 0.29) is 17.3 Å². The Balaban J connectivity index is 1.29. The number of aliphatic carboxylic acids is 1. The number of carbonyl (C=O) groups excluding carboxylic acids is 2. The first-order valence-corrected chi connectivity index (χ1v) is 13.0. The van der Waals surface area contributed by atoms with Crippen molar-refractivity contribution in [1.29, 1.82) is 0 Å². The van der Waals surface area contributed by atoms with E-state index in [9.17, 15) is 14.4 Å². The van der Waals surface area contributed by atoms with Gasteiger partial charge in [0.15, 0.2) is 0 Å². The van der Waals surface area contributed by atoms with Crippen LogP contribution in [0.5, 0.6) is 16.7 Å². The molecule has 3 N–H and O–H groups in total. The third-order valence-corrected chi connectivity index (χ3v) is 6.48. The molecule has 1 saturated carbocycles. The van der Waals surface area contributed by atoms with Crippen LogP contribution in [0.3, 0.4) is 0 Å². The highest BCUT2D eigenvalue weighted by Gasteiger charge is 2.22. The molecule has 1 aliphatic rings. The van der Waals surface area contributed by atoms with E-state index in [1.807, 2.05) is 12.1 Å². The molecule has 1 aromatic carbocycles. The van der Waals surface area contributed by atoms with Crippen molar-refractivity contribution in [3.05, 3.63) is 70.0 Å². The smallest absolute Gasteiger partial charge is 0.322 e. The zero-order valence-corrected chi connectivity index (χ0v) is 21.9. The van der Waals surface area contributed by atoms with E-state index in [0.717, 1.165) is 4.88 Å². The highest BCUT2D eigenvalue weighted by atomic mass is 35.5. The maximum absolute atomic E-state index is 12.6. The Labute approximate surface area is 227 Å². The summed E-state index contributed by atoms with van der Waals surface area (Å²) < 4.78 is 11.5. The number of amides is 2. The van der Waals surface area contributed by atoms with E-state index in [1.54, 1.807) is 31.3 Å². The van der Waals surface area contributed by atoms with Crippen LogP contribution in [-0.2, 0) is 4.79 Å². The first-order valence-electron chi connectivity index (χ1n) is 11.8. The molecule has 0 bridgehead atoms. The van der Waals surface area contributed by atoms with Crippen LogP contribution in [0.4, 0.5) is 0 Å². The Morgan fingerprint density at radius 3 is 2.76 bits per heavy atom. The molecule has 12 heteroatoms. The van der Waals surface area contributed by atoms with Gasteiger partial charge in [-0.15, -0.1) is 0 Å². The molecule has 1 aliphatic carbocycles. The number of carbonyl (C=O) groups is 3. The standard InChI is InChI=1S/C26H25ClN4O6S/c1-15(31-24(34)17-8-9-28-21(10-17)25(35)29-13-23(32)33)2-6-19-12-30-26(38-19)37-22-7-5-18(11-20(22)27)36-14-16-3-4-16/h2,5-12,15-16H,3-4,13-14H2,1H3,(H,29,35)(H,31,34)(H,32,33)/t15-/m0/s1. The van der Waals surface area contributed by atoms with Gasteiger partial charge in [-0.3, -0.25) is 19.4 Å². The number of hydrogen-bond donors (Lipinski definition) is 3. The Bertz CT molecular complexity index is 1360. The van der Waals surface area contributed by atoms with E-state index < -0.39 is 24.3 Å². The number of halogens is 1. The summed E-state index contributed by atoms with van der Waals surface area (Å²) in [6.45, 7) is 1.95. The summed E-state index contributed by atoms with van der Waals surface area (Å²) in [7, 11) is 0. The lowest BCUT2D eigenvalue weighted by atomic mass is 10.2. The number of benzene rings is 1. The molecule has 1 atom stereocenters. The van der Waals surface area contributed by atoms with Gasteiger partial charge in [-0.1, -0.05) is 29.0 Å². The molecule has 198 valence electrons. The molecule has 2 heterocycles. The van der Waals surface area contributed by atoms with Gasteiger partial charge in [0, 0.05) is 30.1 Å². The number of ether oxygens (including phenoxy) is 2. The Kier molecular flexibility index (Phi) is 8.93. The van der Waals surface area contributed by atoms with Gasteiger partial charge in [0.25, 0.3) is 17.0 Å². The van der Waals surface area contributed by atoms with Crippen molar-refractivity contribution < 1.29 is 29.0 Å². The highest BCUT2D eigenvalue weighted by Crippen LogP contribution is 2.35. The van der Waals surface area contributed by atoms with Crippen molar-refractivity contribution >= 4 is 46.8 Å². The topological polar surface area (TPSA) is 140 Å². The van der Waals surface area contributed by atoms with E-state index >= 15 is 0 Å². The molecular formula is C26H25ClN4O6S. The number of carboxylic acid groups (broad SMARTS) is 1. The van der Waals surface area contributed by atoms with Crippen molar-refractivity contribution in [3.63, 3.8) is 0 Å². The average Bonchev–Trinajstić information content (AvgIpc) is 3.63. The maximum atomic E-state index is 12.6. The van der Waals surface area contributed by atoms with Crippen LogP contribution in [0.25, 0.3) is 6.08 Å². The quantitative estimate of drug-likeness (QED) is 0.298. The summed E-state index contributed by atoms with van der Waals surface area (Å²) in [6, 6.07) is 7.71. The van der Waals surface area contributed by atoms with Crippen LogP contribution in [0.2, 0.25) is 5.02 Å². The van der Waals surface area contributed by atoms with Gasteiger partial charge in [-0.05, 0) is 56.0 Å². The molecule has 3 aromatic rings. The fourth-order valence-corrected chi connectivity index (χ4v) is 4.06. The average molecular weight is 557 g/mol. The monoisotopic (exact) mass is 556 g/mol. The Morgan fingerprint density at radius 2 is 2.03 bits per heavy atom. The predicted molar refractivity (Wildman–Crippen MR) is 142 cm³/mol. The van der Waals surface area contributed by atoms with Crippen LogP contribution in [0.1, 0.15) is 45.5 Å². The lowest BCUT2D eigenvalue weighted by Crippen LogP contribution is -2.32. The van der Waals surface area contributed by atoms with E-state index in [1.165, 1.54) is 42.5 Å². The number of hydrogen-bond acceptors (Lipinski definition) is 8. The fraction of sp³-hybridized carbons (Fsp3) is 0.269. The largest absolute Gasteiger partial charge is 0.493 e. The number of rotatable bonds is 12. The minimum absolute atomic E-state index is 0.0557. The number of nitrogens with one attached hydrogen (secondary N) is 2. The van der Waals surface area contributed by atoms with Crippen molar-refractivity contribution in [2.45, 2.75) is 25.8 Å². The third-order valence-electron chi connectivity index (χ3n) is 5.35. The summed E-state index contributed by atoms with van der Waals surface area (Å²) in [5.41, 5.74) is 0.162. The van der Waals surface area contributed by atoms with Gasteiger partial charge in [0.1, 0.15) is 23.7 Å². The summed E-state index contributed by atoms with van der Waals surface area (Å²) in [6.07, 6.45) is 8.98. The van der Waals surface area contributed by atoms with Crippen LogP contribution in [0.15, 0.2) is 48.8 Å². The van der Waals surface area contributed by atoms with E-state index in [4.69, 9.17) is 26.2 Å². The highest BCUT2D eigenvalue weighted by molar-refractivity contribution is 7.14. The Hall–Kier alpha value is -3.96. The predicted octanol–water partition coefficient (Wildman–Crippen LogP) is 4.42. The number of carboxylic acids is 1. The van der Waals surface area contributed by atoms with Crippen LogP contribution >= 0.6 is 22.9 Å². The summed E-state index contributed by atoms with van der Waals surface area (Å²) in [5, 5.41) is 14.5. The zero-order chi connectivity index (χ0) is 27.1. The fourth-order valence-electron chi connectivity index (χ4n) is 3.16. The number of nitrogens with zero attached hydrogens (tertiary/aromatic N) is 2. The normalized spacial score (nSPS) is 13.6. The summed E-state index contributed by atoms with van der Waals surface area (Å²) >= 11 is 7.66. The molecule has 0 aliphatic heterocycles. The second kappa shape index (κ2) is 12.5. The molecule has 0 radical (unpaired) electrons. The third kappa shape index (κ3) is 8.02. The first kappa shape index (κ1) is 27.1. The van der Waals surface area contributed by atoms with Crippen LogP contribution in [-0.4, -0.2) is 52.1 Å². The molecule has 0 saturated heterocycles. The lowest BCUT2D eigenvalue weighted by Gasteiger charge is -2.10. The molecule has 2 aromatic heterocycles. The van der Waals surface area contributed by atoms with Gasteiger partial charge in [-0.25, -0.2) is 4.98 Å². The van der Waals surface area contributed by atoms with Crippen molar-refractivity contribution in [3.8, 4) is 16.7 Å². The summed E-state index contributed by atoms with van der Waals surface area (Å²) in [4.78, 5) is 44.2. The molecule has 10 nitrogen and oxygen atoms in total. The van der Waals surface area contributed by atoms with Crippen molar-refractivity contribution in [2.75, 3.05) is 13.2 Å². The van der Waals surface area contributed by atoms with Crippen LogP contribution < -0.4 is 20.1 Å². The van der Waals surface area contributed by atoms with Crippen LogP contribution in [0, 0.1) is 5.92 Å². The van der Waals surface area contributed by atoms with Gasteiger partial charge in [0.05, 0.1) is 16.5 Å². The molecule has 2 amide bonds. The second-order valence-electron chi connectivity index (χ2n) is 8.60. The number of pyridine rings is 1. The maximum Gasteiger partial charge on any atom is 0.322 e. The first-order chi connectivity index (χ1) is 18.3. The van der Waals surface area contributed by atoms with Gasteiger partial charge < -0.3 is 25.2 Å². The Morgan fingerprint density at radius 1 is 1.21 bits per heavy atom.